The highest BCUT2D eigenvalue weighted by atomic mass is 32.1. The van der Waals surface area contributed by atoms with Crippen molar-refractivity contribution in [1.82, 2.24) is 15.1 Å². The third-order valence-corrected chi connectivity index (χ3v) is 2.64. The van der Waals surface area contributed by atoms with Crippen LogP contribution in [0, 0.1) is 0 Å². The highest BCUT2D eigenvalue weighted by molar-refractivity contribution is 7.80. The first-order valence-corrected chi connectivity index (χ1v) is 5.67. The highest BCUT2D eigenvalue weighted by Crippen LogP contribution is 2.27. The molecule has 2 rings (SSSR count). The number of nitrogens with zero attached hydrogens (tertiary/aromatic N) is 2. The maximum Gasteiger partial charge on any atom is 0.262 e. The summed E-state index contributed by atoms with van der Waals surface area (Å²) in [6.45, 7) is 5.14. The van der Waals surface area contributed by atoms with Crippen LogP contribution in [-0.2, 0) is 6.54 Å². The molecule has 82 valence electrons. The molecule has 1 unspecified atom stereocenters. The van der Waals surface area contributed by atoms with Crippen LogP contribution < -0.4 is 10.1 Å². The number of unbranched alkanes of at least 4 members (excludes halogenated alkanes) is 1. The van der Waals surface area contributed by atoms with Crippen molar-refractivity contribution in [3.63, 3.8) is 0 Å². The van der Waals surface area contributed by atoms with Crippen molar-refractivity contribution in [2.24, 2.45) is 0 Å². The summed E-state index contributed by atoms with van der Waals surface area (Å²) in [6, 6.07) is 0.143. The molecule has 0 spiro atoms. The maximum atomic E-state index is 5.40. The van der Waals surface area contributed by atoms with Crippen LogP contribution in [0.4, 0.5) is 0 Å². The minimum atomic E-state index is 0.143. The molecule has 1 atom stereocenters. The summed E-state index contributed by atoms with van der Waals surface area (Å²) >= 11 is 4.99. The van der Waals surface area contributed by atoms with Gasteiger partial charge in [0.25, 0.3) is 5.17 Å². The topological polar surface area (TPSA) is 39.1 Å². The van der Waals surface area contributed by atoms with E-state index in [1.165, 1.54) is 0 Å². The predicted molar refractivity (Wildman–Crippen MR) is 61.9 cm³/mol. The molecule has 0 fully saturated rings. The van der Waals surface area contributed by atoms with Crippen LogP contribution in [0.5, 0.6) is 5.75 Å². The normalized spacial score (nSPS) is 19.3. The van der Waals surface area contributed by atoms with E-state index in [1.54, 1.807) is 0 Å². The van der Waals surface area contributed by atoms with Gasteiger partial charge in [-0.1, -0.05) is 13.3 Å². The van der Waals surface area contributed by atoms with Gasteiger partial charge in [0, 0.05) is 6.54 Å². The second-order valence-corrected chi connectivity index (χ2v) is 4.12. The summed E-state index contributed by atoms with van der Waals surface area (Å²) in [5, 5.41) is 7.95. The average molecular weight is 225 g/mol. The minimum absolute atomic E-state index is 0.143. The molecule has 4 nitrogen and oxygen atoms in total. The number of aryl methyl sites for hydroxylation is 1. The molecular formula is C10H15N3OS. The van der Waals surface area contributed by atoms with Crippen molar-refractivity contribution in [3.05, 3.63) is 11.9 Å². The average Bonchev–Trinajstić information content (AvgIpc) is 2.57. The van der Waals surface area contributed by atoms with Crippen molar-refractivity contribution in [2.75, 3.05) is 0 Å². The van der Waals surface area contributed by atoms with Gasteiger partial charge in [0.2, 0.25) is 0 Å². The van der Waals surface area contributed by atoms with E-state index in [0.29, 0.717) is 5.17 Å². The minimum Gasteiger partial charge on any atom is -0.428 e. The summed E-state index contributed by atoms with van der Waals surface area (Å²) < 4.78 is 7.33. The molecule has 1 aromatic rings. The Hall–Kier alpha value is -1.10. The molecule has 0 amide bonds. The van der Waals surface area contributed by atoms with Gasteiger partial charge in [0.05, 0.1) is 12.2 Å². The molecule has 5 heteroatoms. The number of fused-ring (bicyclic) bond motifs is 1. The fraction of sp³-hybridized carbons (Fsp3) is 0.600. The Morgan fingerprint density at radius 1 is 1.67 bits per heavy atom. The lowest BCUT2D eigenvalue weighted by Crippen LogP contribution is -2.33. The van der Waals surface area contributed by atoms with Crippen LogP contribution in [0.15, 0.2) is 6.20 Å². The third kappa shape index (κ3) is 2.12. The first-order chi connectivity index (χ1) is 7.20. The van der Waals surface area contributed by atoms with E-state index in [2.05, 4.69) is 17.3 Å². The fourth-order valence-electron chi connectivity index (χ4n) is 1.61. The lowest BCUT2D eigenvalue weighted by molar-refractivity contribution is 0.462. The molecule has 0 aromatic carbocycles. The van der Waals surface area contributed by atoms with Gasteiger partial charge in [-0.25, -0.2) is 0 Å². The number of rotatable bonds is 3. The van der Waals surface area contributed by atoms with Crippen molar-refractivity contribution < 1.29 is 4.74 Å². The summed E-state index contributed by atoms with van der Waals surface area (Å²) in [5.41, 5.74) is 0.944. The quantitative estimate of drug-likeness (QED) is 0.799. The number of hydrogen-bond donors (Lipinski definition) is 1. The van der Waals surface area contributed by atoms with Gasteiger partial charge in [0.1, 0.15) is 5.69 Å². The zero-order valence-electron chi connectivity index (χ0n) is 8.99. The van der Waals surface area contributed by atoms with Crippen LogP contribution >= 0.6 is 12.2 Å². The summed E-state index contributed by atoms with van der Waals surface area (Å²) in [5.74, 6) is 0.794. The Balaban J connectivity index is 2.19. The standard InChI is InChI=1S/C10H15N3OS/c1-3-4-5-13-6-8-9(12-13)7(2)11-10(15)14-8/h6-7H,3-5H2,1-2H3,(H,11,15). The van der Waals surface area contributed by atoms with E-state index in [4.69, 9.17) is 17.0 Å². The lowest BCUT2D eigenvalue weighted by atomic mass is 10.2. The van der Waals surface area contributed by atoms with E-state index in [9.17, 15) is 0 Å². The van der Waals surface area contributed by atoms with E-state index in [1.807, 2.05) is 17.8 Å². The molecule has 0 saturated heterocycles. The molecule has 1 aromatic heterocycles. The number of ether oxygens (including phenoxy) is 1. The molecule has 1 aliphatic rings. The van der Waals surface area contributed by atoms with E-state index in [0.717, 1.165) is 30.8 Å². The van der Waals surface area contributed by atoms with Crippen molar-refractivity contribution in [2.45, 2.75) is 39.3 Å². The Morgan fingerprint density at radius 2 is 2.47 bits per heavy atom. The number of hydrogen-bond acceptors (Lipinski definition) is 3. The Kier molecular flexibility index (Phi) is 2.90. The molecule has 15 heavy (non-hydrogen) atoms. The van der Waals surface area contributed by atoms with E-state index < -0.39 is 0 Å². The lowest BCUT2D eigenvalue weighted by Gasteiger charge is -2.20. The molecule has 0 saturated carbocycles. The zero-order valence-corrected chi connectivity index (χ0v) is 9.80. The fourth-order valence-corrected chi connectivity index (χ4v) is 1.87. The van der Waals surface area contributed by atoms with E-state index in [-0.39, 0.29) is 6.04 Å². The van der Waals surface area contributed by atoms with Gasteiger partial charge >= 0.3 is 0 Å². The number of aromatic nitrogens is 2. The van der Waals surface area contributed by atoms with Crippen LogP contribution in [0.1, 0.15) is 38.4 Å². The molecule has 0 bridgehead atoms. The Morgan fingerprint density at radius 3 is 3.20 bits per heavy atom. The summed E-state index contributed by atoms with van der Waals surface area (Å²) in [4.78, 5) is 0. The summed E-state index contributed by atoms with van der Waals surface area (Å²) in [6.07, 6.45) is 4.22. The van der Waals surface area contributed by atoms with Gasteiger partial charge in [0.15, 0.2) is 5.75 Å². The Bertz CT molecular complexity index is 375. The molecule has 1 aliphatic heterocycles. The van der Waals surface area contributed by atoms with Crippen LogP contribution in [-0.4, -0.2) is 15.0 Å². The third-order valence-electron chi connectivity index (χ3n) is 2.44. The van der Waals surface area contributed by atoms with Crippen LogP contribution in [0.25, 0.3) is 0 Å². The first kappa shape index (κ1) is 10.4. The highest BCUT2D eigenvalue weighted by Gasteiger charge is 2.24. The van der Waals surface area contributed by atoms with Crippen LogP contribution in [0.2, 0.25) is 0 Å². The number of thiocarbonyl (C=S) groups is 1. The van der Waals surface area contributed by atoms with Crippen molar-refractivity contribution in [3.8, 4) is 5.75 Å². The smallest absolute Gasteiger partial charge is 0.262 e. The van der Waals surface area contributed by atoms with Crippen molar-refractivity contribution in [1.29, 1.82) is 0 Å². The summed E-state index contributed by atoms with van der Waals surface area (Å²) in [7, 11) is 0. The first-order valence-electron chi connectivity index (χ1n) is 5.26. The van der Waals surface area contributed by atoms with Crippen molar-refractivity contribution >= 4 is 17.4 Å². The van der Waals surface area contributed by atoms with Gasteiger partial charge < -0.3 is 10.1 Å². The molecule has 2 heterocycles. The molecular weight excluding hydrogens is 210 g/mol. The molecule has 1 N–H and O–H groups in total. The molecule has 0 aliphatic carbocycles. The molecule has 0 radical (unpaired) electrons. The number of nitrogens with one attached hydrogen (secondary N) is 1. The van der Waals surface area contributed by atoms with Gasteiger partial charge in [-0.15, -0.1) is 0 Å². The van der Waals surface area contributed by atoms with Crippen LogP contribution in [0.3, 0.4) is 0 Å². The van der Waals surface area contributed by atoms with Gasteiger partial charge in [-0.05, 0) is 25.6 Å². The van der Waals surface area contributed by atoms with Gasteiger partial charge in [-0.2, -0.15) is 5.10 Å². The largest absolute Gasteiger partial charge is 0.428 e. The SMILES string of the molecule is CCCCn1cc2c(n1)C(C)NC(=S)O2. The van der Waals surface area contributed by atoms with Gasteiger partial charge in [-0.3, -0.25) is 4.68 Å². The zero-order chi connectivity index (χ0) is 10.8. The second-order valence-electron chi connectivity index (χ2n) is 3.75. The maximum absolute atomic E-state index is 5.40. The predicted octanol–water partition coefficient (Wildman–Crippen LogP) is 2.01. The second kappa shape index (κ2) is 4.18. The Labute approximate surface area is 94.6 Å². The van der Waals surface area contributed by atoms with E-state index >= 15 is 0 Å². The monoisotopic (exact) mass is 225 g/mol.